The summed E-state index contributed by atoms with van der Waals surface area (Å²) in [7, 11) is 0. The van der Waals surface area contributed by atoms with Gasteiger partial charge in [0.15, 0.2) is 0 Å². The number of hydrogen-bond acceptors (Lipinski definition) is 3. The van der Waals surface area contributed by atoms with Gasteiger partial charge in [-0.25, -0.2) is 0 Å². The molecule has 0 radical (unpaired) electrons. The molecule has 2 N–H and O–H groups in total. The lowest BCUT2D eigenvalue weighted by Crippen LogP contribution is -2.60. The average Bonchev–Trinajstić information content (AvgIpc) is 2.10. The number of likely N-dealkylation sites (tertiary alicyclic amines) is 1. The predicted octanol–water partition coefficient (Wildman–Crippen LogP) is 2.46. The van der Waals surface area contributed by atoms with Gasteiger partial charge in [0.25, 0.3) is 0 Å². The topological polar surface area (TPSA) is 63.4 Å². The Kier molecular flexibility index (Phi) is 4.16. The Hall–Kier alpha value is -0.900. The molecule has 1 aliphatic heterocycles. The van der Waals surface area contributed by atoms with Crippen LogP contribution >= 0.6 is 0 Å². The number of nitrogens with zero attached hydrogens (tertiary/aromatic N) is 1. The van der Waals surface area contributed by atoms with Gasteiger partial charge in [-0.15, -0.1) is 0 Å². The SMILES string of the molecule is CCC(C)(CC(C)(C)N)N1C(=O)CC(C)(C)CC1=O. The van der Waals surface area contributed by atoms with Crippen LogP contribution in [-0.2, 0) is 9.59 Å². The third-order valence-corrected chi connectivity index (χ3v) is 3.90. The second kappa shape index (κ2) is 4.89. The number of hydrogen-bond donors (Lipinski definition) is 1. The predicted molar refractivity (Wildman–Crippen MR) is 76.4 cm³/mol. The molecule has 1 atom stereocenters. The van der Waals surface area contributed by atoms with Crippen LogP contribution in [0.25, 0.3) is 0 Å². The number of nitrogens with two attached hydrogens (primary N) is 1. The molecule has 110 valence electrons. The van der Waals surface area contributed by atoms with Crippen molar-refractivity contribution in [3.8, 4) is 0 Å². The van der Waals surface area contributed by atoms with Crippen LogP contribution in [-0.4, -0.2) is 27.8 Å². The molecule has 0 bridgehead atoms. The third-order valence-electron chi connectivity index (χ3n) is 3.90. The first kappa shape index (κ1) is 16.2. The van der Waals surface area contributed by atoms with Crippen molar-refractivity contribution in [1.82, 2.24) is 4.90 Å². The Morgan fingerprint density at radius 3 is 1.89 bits per heavy atom. The van der Waals surface area contributed by atoms with Gasteiger partial charge in [0.05, 0.1) is 0 Å². The van der Waals surface area contributed by atoms with E-state index in [0.717, 1.165) is 6.42 Å². The van der Waals surface area contributed by atoms with Crippen LogP contribution in [0.15, 0.2) is 0 Å². The summed E-state index contributed by atoms with van der Waals surface area (Å²) in [5, 5.41) is 0. The number of rotatable bonds is 4. The van der Waals surface area contributed by atoms with E-state index in [1.807, 2.05) is 41.5 Å². The Morgan fingerprint density at radius 2 is 1.58 bits per heavy atom. The molecule has 1 aliphatic rings. The Bertz CT molecular complexity index is 362. The first-order chi connectivity index (χ1) is 8.40. The van der Waals surface area contributed by atoms with Crippen molar-refractivity contribution in [2.75, 3.05) is 0 Å². The molecule has 1 fully saturated rings. The van der Waals surface area contributed by atoms with Gasteiger partial charge in [-0.05, 0) is 39.0 Å². The fraction of sp³-hybridized carbons (Fsp3) is 0.867. The zero-order chi connectivity index (χ0) is 15.1. The molecule has 1 saturated heterocycles. The molecule has 1 heterocycles. The Labute approximate surface area is 116 Å². The second-order valence-corrected chi connectivity index (χ2v) is 7.66. The van der Waals surface area contributed by atoms with E-state index in [2.05, 4.69) is 0 Å². The van der Waals surface area contributed by atoms with Crippen LogP contribution in [0.3, 0.4) is 0 Å². The zero-order valence-corrected chi connectivity index (χ0v) is 13.2. The quantitative estimate of drug-likeness (QED) is 0.797. The lowest BCUT2D eigenvalue weighted by atomic mass is 9.77. The van der Waals surface area contributed by atoms with Crippen molar-refractivity contribution in [3.05, 3.63) is 0 Å². The lowest BCUT2D eigenvalue weighted by molar-refractivity contribution is -0.160. The molecular formula is C15H28N2O2. The van der Waals surface area contributed by atoms with Gasteiger partial charge in [-0.1, -0.05) is 20.8 Å². The van der Waals surface area contributed by atoms with E-state index in [1.54, 1.807) is 0 Å². The summed E-state index contributed by atoms with van der Waals surface area (Å²) in [5.41, 5.74) is 4.99. The Morgan fingerprint density at radius 1 is 1.16 bits per heavy atom. The normalized spacial score (nSPS) is 23.4. The molecule has 1 unspecified atom stereocenters. The van der Waals surface area contributed by atoms with Crippen molar-refractivity contribution >= 4 is 11.8 Å². The molecule has 2 amide bonds. The van der Waals surface area contributed by atoms with E-state index < -0.39 is 11.1 Å². The van der Waals surface area contributed by atoms with Crippen LogP contribution in [0, 0.1) is 5.41 Å². The third kappa shape index (κ3) is 3.78. The standard InChI is InChI=1S/C15H28N2O2/c1-7-15(6,10-14(4,5)16)17-11(18)8-13(2,3)9-12(17)19/h7-10,16H2,1-6H3. The van der Waals surface area contributed by atoms with E-state index in [4.69, 9.17) is 5.73 Å². The van der Waals surface area contributed by atoms with Crippen LogP contribution < -0.4 is 5.73 Å². The summed E-state index contributed by atoms with van der Waals surface area (Å²) >= 11 is 0. The maximum atomic E-state index is 12.4. The highest BCUT2D eigenvalue weighted by Crippen LogP contribution is 2.38. The van der Waals surface area contributed by atoms with E-state index in [0.29, 0.717) is 19.3 Å². The summed E-state index contributed by atoms with van der Waals surface area (Å²) in [6.07, 6.45) is 2.21. The number of imide groups is 1. The fourth-order valence-electron chi connectivity index (χ4n) is 3.12. The molecule has 0 aromatic carbocycles. The Balaban J connectivity index is 3.05. The van der Waals surface area contributed by atoms with E-state index in [-0.39, 0.29) is 17.2 Å². The average molecular weight is 268 g/mol. The van der Waals surface area contributed by atoms with Gasteiger partial charge in [0.2, 0.25) is 11.8 Å². The van der Waals surface area contributed by atoms with Crippen molar-refractivity contribution in [2.24, 2.45) is 11.1 Å². The maximum absolute atomic E-state index is 12.4. The van der Waals surface area contributed by atoms with Crippen LogP contribution in [0.2, 0.25) is 0 Å². The molecule has 0 aromatic rings. The largest absolute Gasteiger partial charge is 0.325 e. The molecule has 0 aromatic heterocycles. The van der Waals surface area contributed by atoms with Gasteiger partial charge in [-0.3, -0.25) is 14.5 Å². The molecule has 0 aliphatic carbocycles. The first-order valence-corrected chi connectivity index (χ1v) is 7.05. The van der Waals surface area contributed by atoms with Crippen molar-refractivity contribution in [3.63, 3.8) is 0 Å². The molecule has 0 spiro atoms. The van der Waals surface area contributed by atoms with E-state index in [9.17, 15) is 9.59 Å². The molecule has 0 saturated carbocycles. The fourth-order valence-corrected chi connectivity index (χ4v) is 3.12. The van der Waals surface area contributed by atoms with Crippen molar-refractivity contribution < 1.29 is 9.59 Å². The van der Waals surface area contributed by atoms with Gasteiger partial charge >= 0.3 is 0 Å². The highest BCUT2D eigenvalue weighted by atomic mass is 16.2. The smallest absolute Gasteiger partial charge is 0.230 e. The summed E-state index contributed by atoms with van der Waals surface area (Å²) in [6, 6.07) is 0. The maximum Gasteiger partial charge on any atom is 0.230 e. The second-order valence-electron chi connectivity index (χ2n) is 7.66. The van der Waals surface area contributed by atoms with E-state index in [1.165, 1.54) is 4.90 Å². The lowest BCUT2D eigenvalue weighted by Gasteiger charge is -2.47. The van der Waals surface area contributed by atoms with Gasteiger partial charge in [-0.2, -0.15) is 0 Å². The summed E-state index contributed by atoms with van der Waals surface area (Å²) in [5.74, 6) is -0.121. The van der Waals surface area contributed by atoms with Crippen LogP contribution in [0.5, 0.6) is 0 Å². The first-order valence-electron chi connectivity index (χ1n) is 7.05. The zero-order valence-electron chi connectivity index (χ0n) is 13.2. The molecule has 1 rings (SSSR count). The molecule has 4 heteroatoms. The molecule has 4 nitrogen and oxygen atoms in total. The van der Waals surface area contributed by atoms with Crippen LogP contribution in [0.4, 0.5) is 0 Å². The highest BCUT2D eigenvalue weighted by molar-refractivity contribution is 5.99. The van der Waals surface area contributed by atoms with Crippen molar-refractivity contribution in [1.29, 1.82) is 0 Å². The minimum absolute atomic E-state index is 0.0603. The highest BCUT2D eigenvalue weighted by Gasteiger charge is 2.46. The van der Waals surface area contributed by atoms with Gasteiger partial charge < -0.3 is 5.73 Å². The monoisotopic (exact) mass is 268 g/mol. The summed E-state index contributed by atoms with van der Waals surface area (Å²) in [4.78, 5) is 26.2. The number of piperidine rings is 1. The number of carbonyl (C=O) groups excluding carboxylic acids is 2. The van der Waals surface area contributed by atoms with Gasteiger partial charge in [0.1, 0.15) is 0 Å². The van der Waals surface area contributed by atoms with Gasteiger partial charge in [0, 0.05) is 23.9 Å². The number of amides is 2. The van der Waals surface area contributed by atoms with E-state index >= 15 is 0 Å². The minimum atomic E-state index is -0.483. The number of carbonyl (C=O) groups is 2. The molecule has 19 heavy (non-hydrogen) atoms. The minimum Gasteiger partial charge on any atom is -0.325 e. The molecular weight excluding hydrogens is 240 g/mol. The summed E-state index contributed by atoms with van der Waals surface area (Å²) < 4.78 is 0. The van der Waals surface area contributed by atoms with Crippen LogP contribution in [0.1, 0.15) is 67.2 Å². The summed E-state index contributed by atoms with van der Waals surface area (Å²) in [6.45, 7) is 11.8. The van der Waals surface area contributed by atoms with Crippen molar-refractivity contribution in [2.45, 2.75) is 78.3 Å².